The Morgan fingerprint density at radius 1 is 1.14 bits per heavy atom. The van der Waals surface area contributed by atoms with E-state index in [1.165, 1.54) is 0 Å². The second-order valence-electron chi connectivity index (χ2n) is 6.40. The second kappa shape index (κ2) is 5.22. The first-order chi connectivity index (χ1) is 9.96. The summed E-state index contributed by atoms with van der Waals surface area (Å²) in [5.74, 6) is 1.90. The topological polar surface area (TPSA) is 77.8 Å². The van der Waals surface area contributed by atoms with E-state index in [0.29, 0.717) is 11.7 Å². The van der Waals surface area contributed by atoms with Crippen molar-refractivity contribution in [2.45, 2.75) is 52.0 Å². The number of aryl methyl sites for hydroxylation is 2. The van der Waals surface area contributed by atoms with Gasteiger partial charge in [-0.25, -0.2) is 0 Å². The van der Waals surface area contributed by atoms with Crippen molar-refractivity contribution in [3.8, 4) is 11.4 Å². The zero-order valence-corrected chi connectivity index (χ0v) is 12.9. The maximum atomic E-state index is 6.49. The van der Waals surface area contributed by atoms with Crippen molar-refractivity contribution in [1.29, 1.82) is 0 Å². The first-order valence-corrected chi connectivity index (χ1v) is 7.55. The number of hydrogen-bond acceptors (Lipinski definition) is 5. The SMILES string of the molecule is Cc1cc(-c2noc(C3(N)CCC(C)CC3)n2)cc(C)n1. The minimum Gasteiger partial charge on any atom is -0.337 e. The van der Waals surface area contributed by atoms with E-state index in [9.17, 15) is 0 Å². The normalized spacial score (nSPS) is 26.0. The molecule has 1 fully saturated rings. The lowest BCUT2D eigenvalue weighted by atomic mass is 9.78. The molecule has 0 aliphatic heterocycles. The summed E-state index contributed by atoms with van der Waals surface area (Å²) < 4.78 is 5.47. The molecular weight excluding hydrogens is 264 g/mol. The second-order valence-corrected chi connectivity index (χ2v) is 6.40. The van der Waals surface area contributed by atoms with Crippen LogP contribution >= 0.6 is 0 Å². The van der Waals surface area contributed by atoms with E-state index >= 15 is 0 Å². The Morgan fingerprint density at radius 3 is 2.38 bits per heavy atom. The molecule has 5 nitrogen and oxygen atoms in total. The van der Waals surface area contributed by atoms with Crippen LogP contribution in [0, 0.1) is 19.8 Å². The van der Waals surface area contributed by atoms with Crippen molar-refractivity contribution in [3.05, 3.63) is 29.4 Å². The smallest absolute Gasteiger partial charge is 0.247 e. The molecule has 2 aromatic rings. The lowest BCUT2D eigenvalue weighted by Gasteiger charge is -2.32. The van der Waals surface area contributed by atoms with E-state index in [2.05, 4.69) is 22.0 Å². The summed E-state index contributed by atoms with van der Waals surface area (Å²) >= 11 is 0. The molecule has 0 unspecified atom stereocenters. The standard InChI is InChI=1S/C16H22N4O/c1-10-4-6-16(17,7-5-10)15-19-14(20-21-15)13-8-11(2)18-12(3)9-13/h8-10H,4-7,17H2,1-3H3. The van der Waals surface area contributed by atoms with Gasteiger partial charge in [0.25, 0.3) is 0 Å². The summed E-state index contributed by atoms with van der Waals surface area (Å²) in [6.45, 7) is 6.19. The molecule has 0 bridgehead atoms. The van der Waals surface area contributed by atoms with E-state index in [1.807, 2.05) is 26.0 Å². The van der Waals surface area contributed by atoms with Crippen LogP contribution in [0.1, 0.15) is 49.9 Å². The summed E-state index contributed by atoms with van der Waals surface area (Å²) in [6, 6.07) is 3.93. The molecule has 112 valence electrons. The molecule has 3 rings (SSSR count). The highest BCUT2D eigenvalue weighted by Gasteiger charge is 2.37. The molecular formula is C16H22N4O. The molecule has 21 heavy (non-hydrogen) atoms. The van der Waals surface area contributed by atoms with Gasteiger partial charge in [0.2, 0.25) is 11.7 Å². The van der Waals surface area contributed by atoms with Crippen LogP contribution in [0.25, 0.3) is 11.4 Å². The van der Waals surface area contributed by atoms with E-state index in [1.54, 1.807) is 0 Å². The number of aromatic nitrogens is 3. The molecule has 0 amide bonds. The van der Waals surface area contributed by atoms with Crippen molar-refractivity contribution < 1.29 is 4.52 Å². The van der Waals surface area contributed by atoms with Crippen LogP contribution < -0.4 is 5.73 Å². The molecule has 0 radical (unpaired) electrons. The van der Waals surface area contributed by atoms with Gasteiger partial charge in [-0.2, -0.15) is 4.98 Å². The third-order valence-electron chi connectivity index (χ3n) is 4.36. The van der Waals surface area contributed by atoms with Crippen LogP contribution in [-0.4, -0.2) is 15.1 Å². The summed E-state index contributed by atoms with van der Waals surface area (Å²) in [6.07, 6.45) is 4.04. The largest absolute Gasteiger partial charge is 0.337 e. The molecule has 5 heteroatoms. The van der Waals surface area contributed by atoms with Crippen molar-refractivity contribution in [1.82, 2.24) is 15.1 Å². The molecule has 1 aliphatic rings. The molecule has 2 heterocycles. The zero-order valence-electron chi connectivity index (χ0n) is 12.9. The Balaban J connectivity index is 1.89. The van der Waals surface area contributed by atoms with Gasteiger partial charge < -0.3 is 10.3 Å². The van der Waals surface area contributed by atoms with E-state index in [0.717, 1.165) is 48.6 Å². The highest BCUT2D eigenvalue weighted by molar-refractivity contribution is 5.55. The number of rotatable bonds is 2. The minimum atomic E-state index is -0.463. The molecule has 0 spiro atoms. The lowest BCUT2D eigenvalue weighted by Crippen LogP contribution is -2.40. The van der Waals surface area contributed by atoms with Gasteiger partial charge in [-0.05, 0) is 57.6 Å². The molecule has 2 N–H and O–H groups in total. The van der Waals surface area contributed by atoms with Gasteiger partial charge in [-0.3, -0.25) is 4.98 Å². The average Bonchev–Trinajstić information content (AvgIpc) is 2.92. The molecule has 0 aromatic carbocycles. The van der Waals surface area contributed by atoms with E-state index in [-0.39, 0.29) is 0 Å². The third-order valence-corrected chi connectivity index (χ3v) is 4.36. The first kappa shape index (κ1) is 14.2. The number of nitrogens with two attached hydrogens (primary N) is 1. The average molecular weight is 286 g/mol. The monoisotopic (exact) mass is 286 g/mol. The number of pyridine rings is 1. The Kier molecular flexibility index (Phi) is 3.53. The maximum Gasteiger partial charge on any atom is 0.247 e. The molecule has 2 aromatic heterocycles. The van der Waals surface area contributed by atoms with Crippen LogP contribution in [0.15, 0.2) is 16.7 Å². The van der Waals surface area contributed by atoms with E-state index in [4.69, 9.17) is 10.3 Å². The minimum absolute atomic E-state index is 0.463. The Hall–Kier alpha value is -1.75. The van der Waals surface area contributed by atoms with Crippen LogP contribution in [0.4, 0.5) is 0 Å². The predicted molar refractivity (Wildman–Crippen MR) is 80.5 cm³/mol. The summed E-state index contributed by atoms with van der Waals surface area (Å²) in [5.41, 5.74) is 8.85. The fourth-order valence-corrected chi connectivity index (χ4v) is 3.00. The Bertz CT molecular complexity index is 621. The van der Waals surface area contributed by atoms with Gasteiger partial charge in [0.05, 0.1) is 5.54 Å². The van der Waals surface area contributed by atoms with Gasteiger partial charge in [-0.1, -0.05) is 12.1 Å². The predicted octanol–water partition coefficient (Wildman–Crippen LogP) is 3.11. The Morgan fingerprint density at radius 2 is 1.76 bits per heavy atom. The van der Waals surface area contributed by atoms with Gasteiger partial charge in [0.1, 0.15) is 0 Å². The zero-order chi connectivity index (χ0) is 15.0. The number of nitrogens with zero attached hydrogens (tertiary/aromatic N) is 3. The highest BCUT2D eigenvalue weighted by Crippen LogP contribution is 2.37. The fourth-order valence-electron chi connectivity index (χ4n) is 3.00. The van der Waals surface area contributed by atoms with Crippen LogP contribution in [0.2, 0.25) is 0 Å². The highest BCUT2D eigenvalue weighted by atomic mass is 16.5. The van der Waals surface area contributed by atoms with Gasteiger partial charge in [0, 0.05) is 17.0 Å². The third kappa shape index (κ3) is 2.83. The van der Waals surface area contributed by atoms with Crippen LogP contribution in [-0.2, 0) is 5.54 Å². The fraction of sp³-hybridized carbons (Fsp3) is 0.562. The molecule has 0 saturated heterocycles. The lowest BCUT2D eigenvalue weighted by molar-refractivity contribution is 0.190. The summed E-state index contributed by atoms with van der Waals surface area (Å²) in [7, 11) is 0. The van der Waals surface area contributed by atoms with E-state index < -0.39 is 5.54 Å². The van der Waals surface area contributed by atoms with Gasteiger partial charge >= 0.3 is 0 Å². The van der Waals surface area contributed by atoms with Gasteiger partial charge in [0.15, 0.2) is 0 Å². The molecule has 1 saturated carbocycles. The first-order valence-electron chi connectivity index (χ1n) is 7.55. The molecule has 1 aliphatic carbocycles. The maximum absolute atomic E-state index is 6.49. The van der Waals surface area contributed by atoms with Crippen molar-refractivity contribution >= 4 is 0 Å². The molecule has 0 atom stereocenters. The quantitative estimate of drug-likeness (QED) is 0.917. The van der Waals surface area contributed by atoms with Gasteiger partial charge in [-0.15, -0.1) is 0 Å². The van der Waals surface area contributed by atoms with Crippen LogP contribution in [0.5, 0.6) is 0 Å². The van der Waals surface area contributed by atoms with Crippen molar-refractivity contribution in [2.75, 3.05) is 0 Å². The summed E-state index contributed by atoms with van der Waals surface area (Å²) in [4.78, 5) is 8.92. The van der Waals surface area contributed by atoms with Crippen molar-refractivity contribution in [3.63, 3.8) is 0 Å². The van der Waals surface area contributed by atoms with Crippen molar-refractivity contribution in [2.24, 2.45) is 11.7 Å². The Labute approximate surface area is 125 Å². The van der Waals surface area contributed by atoms with Crippen LogP contribution in [0.3, 0.4) is 0 Å². The summed E-state index contributed by atoms with van der Waals surface area (Å²) in [5, 5.41) is 4.11. The number of hydrogen-bond donors (Lipinski definition) is 1.